The van der Waals surface area contributed by atoms with Crippen molar-refractivity contribution in [1.29, 1.82) is 0 Å². The summed E-state index contributed by atoms with van der Waals surface area (Å²) in [7, 11) is 0. The second kappa shape index (κ2) is 10.1. The molecule has 0 saturated carbocycles. The van der Waals surface area contributed by atoms with Gasteiger partial charge in [-0.2, -0.15) is 0 Å². The molecule has 1 atom stereocenters. The number of anilines is 2. The van der Waals surface area contributed by atoms with Crippen molar-refractivity contribution in [2.24, 2.45) is 0 Å². The number of hydrogen-bond acceptors (Lipinski definition) is 5. The maximum Gasteiger partial charge on any atom is 0.230 e. The Balaban J connectivity index is 1.30. The van der Waals surface area contributed by atoms with Gasteiger partial charge < -0.3 is 15.1 Å². The van der Waals surface area contributed by atoms with Crippen LogP contribution < -0.4 is 10.2 Å². The molecule has 4 rings (SSSR count). The fraction of sp³-hybridized carbons (Fsp3) is 0.320. The van der Waals surface area contributed by atoms with Crippen LogP contribution in [0, 0.1) is 0 Å². The monoisotopic (exact) mass is 415 g/mol. The van der Waals surface area contributed by atoms with Crippen LogP contribution in [0.2, 0.25) is 0 Å². The first-order valence-corrected chi connectivity index (χ1v) is 10.9. The average Bonchev–Trinajstić information content (AvgIpc) is 2.85. The van der Waals surface area contributed by atoms with Crippen LogP contribution in [0.1, 0.15) is 30.4 Å². The van der Waals surface area contributed by atoms with E-state index in [9.17, 15) is 4.79 Å². The molecule has 2 heterocycles. The first-order valence-electron chi connectivity index (χ1n) is 10.9. The summed E-state index contributed by atoms with van der Waals surface area (Å²) in [6.45, 7) is 5.74. The average molecular weight is 416 g/mol. The van der Waals surface area contributed by atoms with Crippen molar-refractivity contribution in [3.63, 3.8) is 0 Å². The van der Waals surface area contributed by atoms with Crippen molar-refractivity contribution < 1.29 is 4.79 Å². The summed E-state index contributed by atoms with van der Waals surface area (Å²) < 4.78 is 0. The van der Waals surface area contributed by atoms with E-state index in [1.165, 1.54) is 5.56 Å². The maximum absolute atomic E-state index is 13.1. The molecule has 1 aliphatic heterocycles. The van der Waals surface area contributed by atoms with Crippen LogP contribution in [-0.4, -0.2) is 47.2 Å². The predicted octanol–water partition coefficient (Wildman–Crippen LogP) is 3.93. The zero-order valence-corrected chi connectivity index (χ0v) is 17.9. The largest absolute Gasteiger partial charge is 0.365 e. The van der Waals surface area contributed by atoms with Crippen molar-refractivity contribution in [2.45, 2.75) is 25.8 Å². The van der Waals surface area contributed by atoms with Crippen molar-refractivity contribution >= 4 is 17.5 Å². The second-order valence-corrected chi connectivity index (χ2v) is 7.80. The van der Waals surface area contributed by atoms with E-state index >= 15 is 0 Å². The number of carbonyl (C=O) groups is 1. The molecule has 6 heteroatoms. The van der Waals surface area contributed by atoms with Crippen LogP contribution in [0.25, 0.3) is 0 Å². The molecule has 1 unspecified atom stereocenters. The molecular formula is C25H29N5O. The number of hydrogen-bond donors (Lipinski definition) is 1. The van der Waals surface area contributed by atoms with Gasteiger partial charge in [0.05, 0.1) is 5.92 Å². The van der Waals surface area contributed by atoms with Gasteiger partial charge in [-0.05, 0) is 29.7 Å². The molecule has 0 aliphatic carbocycles. The van der Waals surface area contributed by atoms with Gasteiger partial charge in [0.15, 0.2) is 5.82 Å². The highest BCUT2D eigenvalue weighted by Gasteiger charge is 2.27. The lowest BCUT2D eigenvalue weighted by Gasteiger charge is -2.36. The summed E-state index contributed by atoms with van der Waals surface area (Å²) in [5, 5.41) is 12.0. The molecule has 0 spiro atoms. The number of rotatable bonds is 7. The number of aromatic nitrogens is 2. The molecule has 3 aromatic rings. The van der Waals surface area contributed by atoms with Gasteiger partial charge >= 0.3 is 0 Å². The van der Waals surface area contributed by atoms with Gasteiger partial charge in [-0.25, -0.2) is 0 Å². The van der Waals surface area contributed by atoms with Crippen LogP contribution in [0.5, 0.6) is 0 Å². The Morgan fingerprint density at radius 2 is 1.58 bits per heavy atom. The summed E-state index contributed by atoms with van der Waals surface area (Å²) in [5.74, 6) is 1.77. The van der Waals surface area contributed by atoms with Crippen LogP contribution in [0.4, 0.5) is 11.6 Å². The minimum atomic E-state index is -0.0671. The minimum absolute atomic E-state index is 0.0671. The molecule has 1 amide bonds. The van der Waals surface area contributed by atoms with E-state index < -0.39 is 0 Å². The van der Waals surface area contributed by atoms with Gasteiger partial charge in [0.25, 0.3) is 0 Å². The number of nitrogens with one attached hydrogen (secondary N) is 1. The summed E-state index contributed by atoms with van der Waals surface area (Å²) in [4.78, 5) is 17.3. The summed E-state index contributed by atoms with van der Waals surface area (Å²) in [6.07, 6.45) is 0.811. The lowest BCUT2D eigenvalue weighted by atomic mass is 9.95. The molecule has 1 saturated heterocycles. The topological polar surface area (TPSA) is 61.4 Å². The van der Waals surface area contributed by atoms with E-state index in [1.807, 2.05) is 65.6 Å². The van der Waals surface area contributed by atoms with Crippen LogP contribution in [0.3, 0.4) is 0 Å². The van der Waals surface area contributed by atoms with Crippen molar-refractivity contribution in [3.05, 3.63) is 83.9 Å². The van der Waals surface area contributed by atoms with E-state index in [0.717, 1.165) is 43.3 Å². The first-order chi connectivity index (χ1) is 15.2. The molecule has 1 aliphatic rings. The zero-order chi connectivity index (χ0) is 21.5. The quantitative estimate of drug-likeness (QED) is 0.634. The number of carbonyl (C=O) groups excluding carboxylic acids is 1. The Labute approximate surface area is 183 Å². The van der Waals surface area contributed by atoms with Crippen molar-refractivity contribution in [3.8, 4) is 0 Å². The SMILES string of the molecule is CCC(C(=O)N1CCN(c2ccc(NCc3ccccc3)nn2)CC1)c1ccccc1. The number of nitrogens with zero attached hydrogens (tertiary/aromatic N) is 4. The minimum Gasteiger partial charge on any atom is -0.365 e. The van der Waals surface area contributed by atoms with Gasteiger partial charge in [-0.15, -0.1) is 10.2 Å². The fourth-order valence-corrected chi connectivity index (χ4v) is 3.99. The molecular weight excluding hydrogens is 386 g/mol. The first kappa shape index (κ1) is 20.8. The van der Waals surface area contributed by atoms with Gasteiger partial charge in [0, 0.05) is 32.7 Å². The Hall–Kier alpha value is -3.41. The van der Waals surface area contributed by atoms with Crippen molar-refractivity contribution in [1.82, 2.24) is 15.1 Å². The molecule has 0 radical (unpaired) electrons. The lowest BCUT2D eigenvalue weighted by Crippen LogP contribution is -2.50. The van der Waals surface area contributed by atoms with Crippen LogP contribution in [0.15, 0.2) is 72.8 Å². The maximum atomic E-state index is 13.1. The molecule has 2 aromatic carbocycles. The summed E-state index contributed by atoms with van der Waals surface area (Å²) in [5.41, 5.74) is 2.30. The number of benzene rings is 2. The zero-order valence-electron chi connectivity index (χ0n) is 17.9. The van der Waals surface area contributed by atoms with Crippen LogP contribution in [-0.2, 0) is 11.3 Å². The highest BCUT2D eigenvalue weighted by atomic mass is 16.2. The number of piperazine rings is 1. The van der Waals surface area contributed by atoms with Gasteiger partial charge in [0.1, 0.15) is 5.82 Å². The van der Waals surface area contributed by atoms with E-state index in [4.69, 9.17) is 0 Å². The summed E-state index contributed by atoms with van der Waals surface area (Å²) in [6, 6.07) is 24.3. The Morgan fingerprint density at radius 1 is 0.903 bits per heavy atom. The van der Waals surface area contributed by atoms with E-state index in [1.54, 1.807) is 0 Å². The standard InChI is InChI=1S/C25H29N5O/c1-2-22(21-11-7-4-8-12-21)25(31)30-17-15-29(16-18-30)24-14-13-23(27-28-24)26-19-20-9-5-3-6-10-20/h3-14,22H,2,15-19H2,1H3,(H,26,27). The lowest BCUT2D eigenvalue weighted by molar-refractivity contribution is -0.133. The predicted molar refractivity (Wildman–Crippen MR) is 124 cm³/mol. The Morgan fingerprint density at radius 3 is 2.19 bits per heavy atom. The molecule has 1 N–H and O–H groups in total. The van der Waals surface area contributed by atoms with Gasteiger partial charge in [-0.1, -0.05) is 67.6 Å². The van der Waals surface area contributed by atoms with E-state index in [2.05, 4.69) is 39.5 Å². The van der Waals surface area contributed by atoms with Crippen molar-refractivity contribution in [2.75, 3.05) is 36.4 Å². The molecule has 1 fully saturated rings. The highest BCUT2D eigenvalue weighted by Crippen LogP contribution is 2.23. The molecule has 6 nitrogen and oxygen atoms in total. The van der Waals surface area contributed by atoms with Crippen LogP contribution >= 0.6 is 0 Å². The third kappa shape index (κ3) is 5.20. The molecule has 1 aromatic heterocycles. The fourth-order valence-electron chi connectivity index (χ4n) is 3.99. The summed E-state index contributed by atoms with van der Waals surface area (Å²) >= 11 is 0. The van der Waals surface area contributed by atoms with Gasteiger partial charge in [0.2, 0.25) is 5.91 Å². The normalized spacial score (nSPS) is 14.9. The molecule has 160 valence electrons. The Bertz CT molecular complexity index is 954. The molecule has 31 heavy (non-hydrogen) atoms. The smallest absolute Gasteiger partial charge is 0.230 e. The van der Waals surface area contributed by atoms with E-state index in [0.29, 0.717) is 13.1 Å². The molecule has 0 bridgehead atoms. The third-order valence-corrected chi connectivity index (χ3v) is 5.79. The third-order valence-electron chi connectivity index (χ3n) is 5.79. The Kier molecular flexibility index (Phi) is 6.77. The van der Waals surface area contributed by atoms with E-state index in [-0.39, 0.29) is 11.8 Å². The second-order valence-electron chi connectivity index (χ2n) is 7.80. The number of amides is 1. The van der Waals surface area contributed by atoms with Gasteiger partial charge in [-0.3, -0.25) is 4.79 Å². The highest BCUT2D eigenvalue weighted by molar-refractivity contribution is 5.84.